The second-order valence-electron chi connectivity index (χ2n) is 5.84. The monoisotopic (exact) mass is 405 g/mol. The molecule has 10 heteroatoms. The van der Waals surface area contributed by atoms with Crippen molar-refractivity contribution in [3.05, 3.63) is 66.5 Å². The molecule has 0 spiro atoms. The molecule has 0 amide bonds. The average Bonchev–Trinajstić information content (AvgIpc) is 3.08. The van der Waals surface area contributed by atoms with E-state index in [4.69, 9.17) is 9.26 Å². The summed E-state index contributed by atoms with van der Waals surface area (Å²) in [6, 6.07) is 9.07. The van der Waals surface area contributed by atoms with Crippen molar-refractivity contribution in [2.24, 2.45) is 0 Å². The Morgan fingerprint density at radius 2 is 1.72 bits per heavy atom. The van der Waals surface area contributed by atoms with Crippen LogP contribution < -0.4 is 9.47 Å². The molecule has 0 bridgehead atoms. The van der Waals surface area contributed by atoms with Crippen LogP contribution in [0.1, 0.15) is 5.82 Å². The van der Waals surface area contributed by atoms with Gasteiger partial charge in [-0.05, 0) is 35.0 Å². The number of alkyl halides is 3. The maximum Gasteiger partial charge on any atom is 0.573 e. The molecule has 0 radical (unpaired) electrons. The average molecular weight is 405 g/mol. The first-order valence-corrected chi connectivity index (χ1v) is 8.23. The van der Waals surface area contributed by atoms with E-state index < -0.39 is 17.9 Å². The van der Waals surface area contributed by atoms with E-state index in [0.29, 0.717) is 16.8 Å². The topological polar surface area (TPSA) is 70.3 Å². The van der Waals surface area contributed by atoms with E-state index in [-0.39, 0.29) is 23.6 Å². The summed E-state index contributed by atoms with van der Waals surface area (Å²) in [6.45, 7) is 0.0264. The molecule has 29 heavy (non-hydrogen) atoms. The molecular formula is C19H11F4N3O3. The zero-order valence-corrected chi connectivity index (χ0v) is 14.5. The Morgan fingerprint density at radius 3 is 2.41 bits per heavy atom. The molecule has 0 aliphatic carbocycles. The molecule has 0 unspecified atom stereocenters. The van der Waals surface area contributed by atoms with Crippen molar-refractivity contribution >= 4 is 11.0 Å². The lowest BCUT2D eigenvalue weighted by molar-refractivity contribution is -0.274. The molecule has 0 aliphatic rings. The first-order chi connectivity index (χ1) is 13.9. The van der Waals surface area contributed by atoms with Crippen LogP contribution >= 0.6 is 0 Å². The summed E-state index contributed by atoms with van der Waals surface area (Å²) in [5, 5.41) is 4.17. The number of hydrogen-bond donors (Lipinski definition) is 0. The summed E-state index contributed by atoms with van der Waals surface area (Å²) in [6.07, 6.45) is -1.68. The highest BCUT2D eigenvalue weighted by Crippen LogP contribution is 2.34. The second-order valence-corrected chi connectivity index (χ2v) is 5.84. The standard InChI is InChI=1S/C19H11F4N3O3/c20-15-9-16-14(18(26-29-16)27-10-17-24-6-1-7-25-17)8-13(15)11-2-4-12(5-3-11)28-19(21,22)23/h1-9H,10H2. The van der Waals surface area contributed by atoms with Crippen LogP contribution in [-0.2, 0) is 6.61 Å². The lowest BCUT2D eigenvalue weighted by atomic mass is 10.0. The van der Waals surface area contributed by atoms with Gasteiger partial charge in [-0.25, -0.2) is 14.4 Å². The van der Waals surface area contributed by atoms with E-state index in [9.17, 15) is 17.6 Å². The van der Waals surface area contributed by atoms with E-state index in [1.165, 1.54) is 18.2 Å². The Kier molecular flexibility index (Phi) is 4.75. The summed E-state index contributed by atoms with van der Waals surface area (Å²) < 4.78 is 65.8. The third kappa shape index (κ3) is 4.26. The third-order valence-electron chi connectivity index (χ3n) is 3.88. The first-order valence-electron chi connectivity index (χ1n) is 8.23. The predicted molar refractivity (Wildman–Crippen MR) is 92.5 cm³/mol. The van der Waals surface area contributed by atoms with Crippen molar-refractivity contribution in [1.82, 2.24) is 15.1 Å². The zero-order chi connectivity index (χ0) is 20.4. The van der Waals surface area contributed by atoms with Crippen molar-refractivity contribution in [1.29, 1.82) is 0 Å². The molecule has 2 aromatic heterocycles. The second kappa shape index (κ2) is 7.38. The molecule has 4 aromatic rings. The number of aromatic nitrogens is 3. The van der Waals surface area contributed by atoms with Gasteiger partial charge < -0.3 is 14.0 Å². The number of rotatable bonds is 5. The fourth-order valence-electron chi connectivity index (χ4n) is 2.64. The SMILES string of the molecule is Fc1cc2onc(OCc3ncccn3)c2cc1-c1ccc(OC(F)(F)F)cc1. The highest BCUT2D eigenvalue weighted by molar-refractivity contribution is 5.87. The smallest absolute Gasteiger partial charge is 0.467 e. The molecule has 4 rings (SSSR count). The summed E-state index contributed by atoms with van der Waals surface area (Å²) in [4.78, 5) is 8.05. The van der Waals surface area contributed by atoms with Gasteiger partial charge in [-0.15, -0.1) is 13.2 Å². The van der Waals surface area contributed by atoms with Crippen molar-refractivity contribution in [3.8, 4) is 22.8 Å². The van der Waals surface area contributed by atoms with Crippen LogP contribution in [0.25, 0.3) is 22.1 Å². The minimum Gasteiger partial charge on any atom is -0.467 e. The lowest BCUT2D eigenvalue weighted by Crippen LogP contribution is -2.16. The summed E-state index contributed by atoms with van der Waals surface area (Å²) in [7, 11) is 0. The van der Waals surface area contributed by atoms with Gasteiger partial charge in [-0.1, -0.05) is 12.1 Å². The molecule has 0 N–H and O–H groups in total. The summed E-state index contributed by atoms with van der Waals surface area (Å²) >= 11 is 0. The van der Waals surface area contributed by atoms with E-state index in [2.05, 4.69) is 19.9 Å². The van der Waals surface area contributed by atoms with E-state index in [1.54, 1.807) is 18.5 Å². The van der Waals surface area contributed by atoms with Gasteiger partial charge in [0.25, 0.3) is 5.88 Å². The fraction of sp³-hybridized carbons (Fsp3) is 0.105. The fourth-order valence-corrected chi connectivity index (χ4v) is 2.64. The van der Waals surface area contributed by atoms with Gasteiger partial charge in [0, 0.05) is 24.0 Å². The number of fused-ring (bicyclic) bond motifs is 1. The summed E-state index contributed by atoms with van der Waals surface area (Å²) in [5.74, 6) is -0.493. The van der Waals surface area contributed by atoms with Crippen LogP contribution in [0.15, 0.2) is 59.4 Å². The third-order valence-corrected chi connectivity index (χ3v) is 3.88. The minimum absolute atomic E-state index is 0.0264. The molecule has 148 valence electrons. The molecular weight excluding hydrogens is 394 g/mol. The van der Waals surface area contributed by atoms with Crippen LogP contribution in [0.4, 0.5) is 17.6 Å². The molecule has 6 nitrogen and oxygen atoms in total. The van der Waals surface area contributed by atoms with E-state index in [0.717, 1.165) is 18.2 Å². The number of hydrogen-bond acceptors (Lipinski definition) is 6. The minimum atomic E-state index is -4.80. The Hall–Kier alpha value is -3.69. The van der Waals surface area contributed by atoms with Crippen molar-refractivity contribution in [2.45, 2.75) is 13.0 Å². The Bertz CT molecular complexity index is 1130. The van der Waals surface area contributed by atoms with E-state index >= 15 is 0 Å². The highest BCUT2D eigenvalue weighted by Gasteiger charge is 2.31. The Morgan fingerprint density at radius 1 is 1.00 bits per heavy atom. The van der Waals surface area contributed by atoms with Crippen molar-refractivity contribution in [3.63, 3.8) is 0 Å². The molecule has 0 saturated heterocycles. The Labute approximate surface area is 160 Å². The normalized spacial score (nSPS) is 11.6. The van der Waals surface area contributed by atoms with Crippen LogP contribution in [0.3, 0.4) is 0 Å². The van der Waals surface area contributed by atoms with Crippen LogP contribution in [0, 0.1) is 5.82 Å². The highest BCUT2D eigenvalue weighted by atomic mass is 19.4. The predicted octanol–water partition coefficient (Wildman–Crippen LogP) is 4.90. The lowest BCUT2D eigenvalue weighted by Gasteiger charge is -2.10. The molecule has 2 heterocycles. The maximum atomic E-state index is 14.5. The van der Waals surface area contributed by atoms with Gasteiger partial charge in [0.05, 0.1) is 5.39 Å². The molecule has 0 atom stereocenters. The van der Waals surface area contributed by atoms with Crippen LogP contribution in [0.2, 0.25) is 0 Å². The molecule has 0 saturated carbocycles. The van der Waals surface area contributed by atoms with Gasteiger partial charge in [0.1, 0.15) is 18.2 Å². The van der Waals surface area contributed by atoms with Crippen LogP contribution in [0.5, 0.6) is 11.6 Å². The Balaban J connectivity index is 1.62. The van der Waals surface area contributed by atoms with Crippen molar-refractivity contribution < 1.29 is 31.6 Å². The van der Waals surface area contributed by atoms with Gasteiger partial charge in [-0.3, -0.25) is 0 Å². The van der Waals surface area contributed by atoms with Gasteiger partial charge in [0.2, 0.25) is 0 Å². The van der Waals surface area contributed by atoms with Crippen LogP contribution in [-0.4, -0.2) is 21.5 Å². The summed E-state index contributed by atoms with van der Waals surface area (Å²) in [5.41, 5.74) is 0.643. The van der Waals surface area contributed by atoms with Gasteiger partial charge in [0.15, 0.2) is 11.4 Å². The molecule has 0 fully saturated rings. The molecule has 2 aromatic carbocycles. The van der Waals surface area contributed by atoms with Gasteiger partial charge >= 0.3 is 6.36 Å². The number of benzene rings is 2. The quantitative estimate of drug-likeness (QED) is 0.440. The number of halogens is 4. The van der Waals surface area contributed by atoms with Gasteiger partial charge in [-0.2, -0.15) is 0 Å². The van der Waals surface area contributed by atoms with Crippen molar-refractivity contribution in [2.75, 3.05) is 0 Å². The van der Waals surface area contributed by atoms with E-state index in [1.807, 2.05) is 0 Å². The number of ether oxygens (including phenoxy) is 2. The maximum absolute atomic E-state index is 14.5. The first kappa shape index (κ1) is 18.7. The largest absolute Gasteiger partial charge is 0.573 e. The zero-order valence-electron chi connectivity index (χ0n) is 14.5. The number of nitrogens with zero attached hydrogens (tertiary/aromatic N) is 3. The molecule has 0 aliphatic heterocycles.